The van der Waals surface area contributed by atoms with Crippen molar-refractivity contribution < 1.29 is 14.3 Å². The molecular weight excluding hydrogens is 499 g/mol. The van der Waals surface area contributed by atoms with Crippen LogP contribution in [0, 0.1) is 5.92 Å². The van der Waals surface area contributed by atoms with Crippen LogP contribution in [0.15, 0.2) is 17.4 Å². The largest absolute Gasteiger partial charge is 0.462 e. The zero-order valence-electron chi connectivity index (χ0n) is 18.6. The number of aromatic nitrogens is 2. The van der Waals surface area contributed by atoms with Crippen LogP contribution in [0.1, 0.15) is 50.0 Å². The van der Waals surface area contributed by atoms with Gasteiger partial charge in [-0.15, -0.1) is 24.0 Å². The van der Waals surface area contributed by atoms with E-state index in [0.717, 1.165) is 31.9 Å². The van der Waals surface area contributed by atoms with Crippen molar-refractivity contribution in [2.24, 2.45) is 10.9 Å². The number of likely N-dealkylation sites (tertiary alicyclic amines) is 1. The molecule has 1 aromatic rings. The standard InChI is InChI=1S/C20H34N6O3.HI/c1-6-29-19(28)16-11-23-26(13-16)17-8-7-9-25(14-17)20(21-10-15(2)3)22-12-18(27)24(4)5;/h11,13,15,17H,6-10,12,14H2,1-5H3,(H,21,22);1H. The maximum atomic E-state index is 12.0. The van der Waals surface area contributed by atoms with Gasteiger partial charge in [0.1, 0.15) is 6.54 Å². The maximum absolute atomic E-state index is 12.0. The minimum absolute atomic E-state index is 0. The number of halogens is 1. The second-order valence-corrected chi connectivity index (χ2v) is 7.87. The summed E-state index contributed by atoms with van der Waals surface area (Å²) >= 11 is 0. The number of guanidine groups is 1. The topological polar surface area (TPSA) is 92.1 Å². The number of carbonyl (C=O) groups excluding carboxylic acids is 2. The molecule has 1 amide bonds. The van der Waals surface area contributed by atoms with Crippen molar-refractivity contribution in [2.75, 3.05) is 46.9 Å². The summed E-state index contributed by atoms with van der Waals surface area (Å²) in [4.78, 5) is 32.2. The summed E-state index contributed by atoms with van der Waals surface area (Å²) in [5, 5.41) is 7.77. The van der Waals surface area contributed by atoms with Crippen molar-refractivity contribution in [3.05, 3.63) is 18.0 Å². The monoisotopic (exact) mass is 534 g/mol. The minimum atomic E-state index is -0.352. The fourth-order valence-corrected chi connectivity index (χ4v) is 3.07. The van der Waals surface area contributed by atoms with Crippen molar-refractivity contribution in [1.29, 1.82) is 0 Å². The molecule has 1 aliphatic heterocycles. The van der Waals surface area contributed by atoms with Crippen LogP contribution >= 0.6 is 24.0 Å². The van der Waals surface area contributed by atoms with Crippen LogP contribution in [-0.2, 0) is 9.53 Å². The van der Waals surface area contributed by atoms with E-state index >= 15 is 0 Å². The number of hydrogen-bond donors (Lipinski definition) is 1. The average molecular weight is 534 g/mol. The Morgan fingerprint density at radius 2 is 2.13 bits per heavy atom. The molecule has 0 aromatic carbocycles. The third-order valence-corrected chi connectivity index (χ3v) is 4.71. The molecule has 1 aromatic heterocycles. The van der Waals surface area contributed by atoms with E-state index in [1.165, 1.54) is 0 Å². The number of nitrogens with zero attached hydrogens (tertiary/aromatic N) is 5. The van der Waals surface area contributed by atoms with Gasteiger partial charge in [-0.2, -0.15) is 5.10 Å². The molecular formula is C20H35IN6O3. The Labute approximate surface area is 196 Å². The lowest BCUT2D eigenvalue weighted by molar-refractivity contribution is -0.127. The molecule has 30 heavy (non-hydrogen) atoms. The number of carbonyl (C=O) groups is 2. The molecule has 170 valence electrons. The molecule has 9 nitrogen and oxygen atoms in total. The van der Waals surface area contributed by atoms with Gasteiger partial charge >= 0.3 is 5.97 Å². The summed E-state index contributed by atoms with van der Waals surface area (Å²) in [7, 11) is 3.46. The van der Waals surface area contributed by atoms with E-state index in [-0.39, 0.29) is 48.4 Å². The first-order valence-corrected chi connectivity index (χ1v) is 10.3. The molecule has 1 saturated heterocycles. The molecule has 2 rings (SSSR count). The predicted molar refractivity (Wildman–Crippen MR) is 127 cm³/mol. The summed E-state index contributed by atoms with van der Waals surface area (Å²) in [6.45, 7) is 8.87. The Hall–Kier alpha value is -1.85. The van der Waals surface area contributed by atoms with Gasteiger partial charge < -0.3 is 19.9 Å². The van der Waals surface area contributed by atoms with Crippen molar-refractivity contribution >= 4 is 41.8 Å². The quantitative estimate of drug-likeness (QED) is 0.249. The van der Waals surface area contributed by atoms with E-state index in [1.807, 2.05) is 4.68 Å². The fourth-order valence-electron chi connectivity index (χ4n) is 3.07. The predicted octanol–water partition coefficient (Wildman–Crippen LogP) is 2.00. The number of piperidine rings is 1. The highest BCUT2D eigenvalue weighted by molar-refractivity contribution is 14.0. The highest BCUT2D eigenvalue weighted by Crippen LogP contribution is 2.21. The van der Waals surface area contributed by atoms with Crippen LogP contribution in [0.4, 0.5) is 0 Å². The molecule has 0 bridgehead atoms. The van der Waals surface area contributed by atoms with Crippen LogP contribution in [0.2, 0.25) is 0 Å². The minimum Gasteiger partial charge on any atom is -0.462 e. The van der Waals surface area contributed by atoms with E-state index in [2.05, 4.69) is 34.2 Å². The number of likely N-dealkylation sites (N-methyl/N-ethyl adjacent to an activating group) is 1. The first-order valence-electron chi connectivity index (χ1n) is 10.3. The van der Waals surface area contributed by atoms with Gasteiger partial charge in [-0.25, -0.2) is 9.79 Å². The van der Waals surface area contributed by atoms with Crippen LogP contribution in [-0.4, -0.2) is 84.3 Å². The van der Waals surface area contributed by atoms with Gasteiger partial charge in [0.15, 0.2) is 5.96 Å². The number of hydrogen-bond acceptors (Lipinski definition) is 5. The molecule has 2 heterocycles. The second-order valence-electron chi connectivity index (χ2n) is 7.87. The highest BCUT2D eigenvalue weighted by atomic mass is 127. The van der Waals surface area contributed by atoms with Crippen molar-refractivity contribution in [3.63, 3.8) is 0 Å². The van der Waals surface area contributed by atoms with Crippen LogP contribution in [0.5, 0.6) is 0 Å². The maximum Gasteiger partial charge on any atom is 0.341 e. The Balaban J connectivity index is 0.00000450. The molecule has 1 unspecified atom stereocenters. The zero-order valence-corrected chi connectivity index (χ0v) is 21.0. The molecule has 0 spiro atoms. The van der Waals surface area contributed by atoms with E-state index in [4.69, 9.17) is 4.74 Å². The average Bonchev–Trinajstić information content (AvgIpc) is 3.18. The van der Waals surface area contributed by atoms with Crippen LogP contribution in [0.3, 0.4) is 0 Å². The van der Waals surface area contributed by atoms with E-state index < -0.39 is 0 Å². The number of nitrogens with one attached hydrogen (secondary N) is 1. The Morgan fingerprint density at radius 3 is 2.77 bits per heavy atom. The molecule has 1 atom stereocenters. The third kappa shape index (κ3) is 7.77. The molecule has 0 radical (unpaired) electrons. The van der Waals surface area contributed by atoms with Crippen LogP contribution in [0.25, 0.3) is 0 Å². The lowest BCUT2D eigenvalue weighted by Crippen LogP contribution is -2.48. The molecule has 10 heteroatoms. The van der Waals surface area contributed by atoms with Gasteiger partial charge in [0, 0.05) is 39.9 Å². The summed E-state index contributed by atoms with van der Waals surface area (Å²) < 4.78 is 6.88. The van der Waals surface area contributed by atoms with E-state index in [9.17, 15) is 9.59 Å². The van der Waals surface area contributed by atoms with E-state index in [1.54, 1.807) is 38.3 Å². The Morgan fingerprint density at radius 1 is 1.40 bits per heavy atom. The summed E-state index contributed by atoms with van der Waals surface area (Å²) in [5.74, 6) is 0.822. The van der Waals surface area contributed by atoms with Gasteiger partial charge in [0.05, 0.1) is 24.4 Å². The van der Waals surface area contributed by atoms with Crippen molar-refractivity contribution in [3.8, 4) is 0 Å². The Kier molecular flexibility index (Phi) is 11.1. The highest BCUT2D eigenvalue weighted by Gasteiger charge is 2.25. The molecule has 0 aliphatic carbocycles. The van der Waals surface area contributed by atoms with Gasteiger partial charge in [0.2, 0.25) is 5.91 Å². The van der Waals surface area contributed by atoms with E-state index in [0.29, 0.717) is 24.6 Å². The van der Waals surface area contributed by atoms with Gasteiger partial charge in [-0.1, -0.05) is 13.8 Å². The lowest BCUT2D eigenvalue weighted by Gasteiger charge is -2.35. The number of esters is 1. The van der Waals surface area contributed by atoms with Gasteiger partial charge in [-0.3, -0.25) is 9.48 Å². The fraction of sp³-hybridized carbons (Fsp3) is 0.700. The number of aliphatic imine (C=N–C) groups is 1. The zero-order chi connectivity index (χ0) is 21.4. The normalized spacial score (nSPS) is 16.8. The Bertz CT molecular complexity index is 719. The number of rotatable bonds is 7. The summed E-state index contributed by atoms with van der Waals surface area (Å²) in [6, 6.07) is 0.127. The smallest absolute Gasteiger partial charge is 0.341 e. The molecule has 1 fully saturated rings. The van der Waals surface area contributed by atoms with Gasteiger partial charge in [0.25, 0.3) is 0 Å². The SMILES string of the molecule is CCOC(=O)c1cnn(C2CCCN(C(=NCC(=O)N(C)C)NCC(C)C)C2)c1.I. The molecule has 1 aliphatic rings. The van der Waals surface area contributed by atoms with Crippen molar-refractivity contribution in [1.82, 2.24) is 24.9 Å². The van der Waals surface area contributed by atoms with Crippen LogP contribution < -0.4 is 5.32 Å². The summed E-state index contributed by atoms with van der Waals surface area (Å²) in [5.41, 5.74) is 0.465. The van der Waals surface area contributed by atoms with Crippen molar-refractivity contribution in [2.45, 2.75) is 39.7 Å². The number of ether oxygens (including phenoxy) is 1. The molecule has 0 saturated carbocycles. The lowest BCUT2D eigenvalue weighted by atomic mass is 10.1. The first-order chi connectivity index (χ1) is 13.8. The van der Waals surface area contributed by atoms with Gasteiger partial charge in [-0.05, 0) is 25.7 Å². The summed E-state index contributed by atoms with van der Waals surface area (Å²) in [6.07, 6.45) is 5.25. The third-order valence-electron chi connectivity index (χ3n) is 4.71. The number of amides is 1. The first kappa shape index (κ1) is 26.2. The molecule has 1 N–H and O–H groups in total. The second kappa shape index (κ2) is 12.8.